The number of aryl methyl sites for hydroxylation is 1. The summed E-state index contributed by atoms with van der Waals surface area (Å²) in [5.41, 5.74) is 1.36. The van der Waals surface area contributed by atoms with E-state index in [9.17, 15) is 22.4 Å². The van der Waals surface area contributed by atoms with Crippen molar-refractivity contribution in [3.63, 3.8) is 0 Å². The predicted molar refractivity (Wildman–Crippen MR) is 126 cm³/mol. The van der Waals surface area contributed by atoms with Crippen LogP contribution < -0.4 is 15.4 Å². The minimum absolute atomic E-state index is 0.225. The quantitative estimate of drug-likeness (QED) is 0.190. The highest BCUT2D eigenvalue weighted by Gasteiger charge is 2.30. The topological polar surface area (TPSA) is 76.4 Å². The Bertz CT molecular complexity index is 1480. The molecule has 0 saturated heterocycles. The number of anilines is 1. The fourth-order valence-electron chi connectivity index (χ4n) is 3.23. The highest BCUT2D eigenvalue weighted by molar-refractivity contribution is 7.80. The number of amides is 1. The lowest BCUT2D eigenvalue weighted by atomic mass is 10.1. The number of benzene rings is 3. The SMILES string of the molecule is COc1c(F)c(F)c(C(=O)NC(=S)Nc2ccc(Cl)c(-c3nc4ccc(C)cc4o3)c2)c(F)c1F. The Kier molecular flexibility index (Phi) is 6.64. The fourth-order valence-corrected chi connectivity index (χ4v) is 3.64. The van der Waals surface area contributed by atoms with E-state index in [1.54, 1.807) is 6.07 Å². The zero-order chi connectivity index (χ0) is 25.4. The predicted octanol–water partition coefficient (Wildman–Crippen LogP) is 6.15. The van der Waals surface area contributed by atoms with Gasteiger partial charge in [0.05, 0.1) is 17.7 Å². The number of aromatic nitrogens is 1. The van der Waals surface area contributed by atoms with Crippen LogP contribution in [0, 0.1) is 30.2 Å². The van der Waals surface area contributed by atoms with Crippen LogP contribution in [0.15, 0.2) is 40.8 Å². The summed E-state index contributed by atoms with van der Waals surface area (Å²) in [5.74, 6) is -10.1. The molecule has 0 spiro atoms. The molecule has 3 aromatic carbocycles. The summed E-state index contributed by atoms with van der Waals surface area (Å²) < 4.78 is 66.3. The second-order valence-corrected chi connectivity index (χ2v) is 8.07. The van der Waals surface area contributed by atoms with Crippen molar-refractivity contribution in [3.8, 4) is 17.2 Å². The van der Waals surface area contributed by atoms with E-state index in [1.807, 2.05) is 24.4 Å². The standard InChI is InChI=1S/C23H14ClF4N3O3S/c1-9-3-6-13-14(7-9)34-22(30-13)11-8-10(4-5-12(11)24)29-23(35)31-21(32)15-16(25)18(27)20(33-2)19(28)17(15)26/h3-8H,1-2H3,(H2,29,31,32,35). The Morgan fingerprint density at radius 2 is 1.74 bits per heavy atom. The third-order valence-corrected chi connectivity index (χ3v) is 5.41. The zero-order valence-electron chi connectivity index (χ0n) is 17.9. The first-order chi connectivity index (χ1) is 16.6. The summed E-state index contributed by atoms with van der Waals surface area (Å²) in [6.45, 7) is 1.90. The first-order valence-corrected chi connectivity index (χ1v) is 10.6. The molecule has 0 aliphatic rings. The lowest BCUT2D eigenvalue weighted by molar-refractivity contribution is 0.0966. The molecule has 6 nitrogen and oxygen atoms in total. The van der Waals surface area contributed by atoms with Crippen molar-refractivity contribution in [2.45, 2.75) is 6.92 Å². The number of nitrogens with one attached hydrogen (secondary N) is 2. The Morgan fingerprint density at radius 3 is 2.40 bits per heavy atom. The number of nitrogens with zero attached hydrogens (tertiary/aromatic N) is 1. The van der Waals surface area contributed by atoms with E-state index in [1.165, 1.54) is 18.2 Å². The minimum Gasteiger partial charge on any atom is -0.491 e. The molecule has 1 amide bonds. The molecule has 0 radical (unpaired) electrons. The van der Waals surface area contributed by atoms with Crippen LogP contribution in [0.3, 0.4) is 0 Å². The Labute approximate surface area is 205 Å². The van der Waals surface area contributed by atoms with Gasteiger partial charge < -0.3 is 14.5 Å². The normalized spacial score (nSPS) is 10.9. The lowest BCUT2D eigenvalue weighted by Gasteiger charge is -2.13. The lowest BCUT2D eigenvalue weighted by Crippen LogP contribution is -2.35. The van der Waals surface area contributed by atoms with Gasteiger partial charge >= 0.3 is 0 Å². The monoisotopic (exact) mass is 523 g/mol. The van der Waals surface area contributed by atoms with Crippen molar-refractivity contribution in [1.82, 2.24) is 10.3 Å². The van der Waals surface area contributed by atoms with Crippen molar-refractivity contribution in [3.05, 3.63) is 75.8 Å². The van der Waals surface area contributed by atoms with E-state index >= 15 is 0 Å². The van der Waals surface area contributed by atoms with Crippen LogP contribution in [-0.2, 0) is 0 Å². The van der Waals surface area contributed by atoms with Gasteiger partial charge in [0.15, 0.2) is 28.1 Å². The summed E-state index contributed by atoms with van der Waals surface area (Å²) in [7, 11) is 0.821. The molecule has 0 atom stereocenters. The molecule has 1 heterocycles. The molecule has 0 aliphatic carbocycles. The van der Waals surface area contributed by atoms with E-state index < -0.39 is 45.6 Å². The second kappa shape index (κ2) is 9.51. The summed E-state index contributed by atoms with van der Waals surface area (Å²) in [4.78, 5) is 16.7. The first kappa shape index (κ1) is 24.4. The Hall–Kier alpha value is -3.70. The maximum atomic E-state index is 14.2. The molecule has 0 fully saturated rings. The average Bonchev–Trinajstić information content (AvgIpc) is 3.22. The number of carbonyl (C=O) groups is 1. The number of hydrogen-bond acceptors (Lipinski definition) is 5. The number of methoxy groups -OCH3 is 1. The number of oxazole rings is 1. The number of fused-ring (bicyclic) bond motifs is 1. The number of rotatable bonds is 4. The highest BCUT2D eigenvalue weighted by Crippen LogP contribution is 2.33. The molecule has 0 saturated carbocycles. The highest BCUT2D eigenvalue weighted by atomic mass is 35.5. The number of carbonyl (C=O) groups excluding carboxylic acids is 1. The molecule has 1 aromatic heterocycles. The average molecular weight is 524 g/mol. The fraction of sp³-hybridized carbons (Fsp3) is 0.0870. The van der Waals surface area contributed by atoms with Crippen LogP contribution in [0.2, 0.25) is 5.02 Å². The van der Waals surface area contributed by atoms with E-state index in [4.69, 9.17) is 28.2 Å². The van der Waals surface area contributed by atoms with E-state index in [-0.39, 0.29) is 5.89 Å². The number of thiocarbonyl (C=S) groups is 1. The molecule has 4 rings (SSSR count). The van der Waals surface area contributed by atoms with Crippen molar-refractivity contribution in [2.75, 3.05) is 12.4 Å². The van der Waals surface area contributed by atoms with Gasteiger partial charge in [0, 0.05) is 5.69 Å². The minimum atomic E-state index is -1.93. The van der Waals surface area contributed by atoms with Crippen LogP contribution in [0.1, 0.15) is 15.9 Å². The summed E-state index contributed by atoms with van der Waals surface area (Å²) in [6.07, 6.45) is 0. The third-order valence-electron chi connectivity index (χ3n) is 4.88. The van der Waals surface area contributed by atoms with Gasteiger partial charge in [0.2, 0.25) is 17.5 Å². The van der Waals surface area contributed by atoms with Gasteiger partial charge in [0.1, 0.15) is 11.1 Å². The summed E-state index contributed by atoms with van der Waals surface area (Å²) in [5, 5.41) is 4.50. The van der Waals surface area contributed by atoms with Crippen molar-refractivity contribution in [2.24, 2.45) is 0 Å². The van der Waals surface area contributed by atoms with Crippen LogP contribution in [-0.4, -0.2) is 23.1 Å². The first-order valence-electron chi connectivity index (χ1n) is 9.80. The molecule has 0 bridgehead atoms. The van der Waals surface area contributed by atoms with Gasteiger partial charge in [-0.3, -0.25) is 10.1 Å². The molecule has 12 heteroatoms. The van der Waals surface area contributed by atoms with E-state index in [0.717, 1.165) is 12.7 Å². The molecular formula is C23H14ClF4N3O3S. The van der Waals surface area contributed by atoms with Gasteiger partial charge in [-0.05, 0) is 55.0 Å². The number of hydrogen-bond donors (Lipinski definition) is 2. The van der Waals surface area contributed by atoms with Crippen molar-refractivity contribution >= 4 is 51.6 Å². The number of ether oxygens (including phenoxy) is 1. The van der Waals surface area contributed by atoms with Crippen LogP contribution in [0.25, 0.3) is 22.6 Å². The molecule has 35 heavy (non-hydrogen) atoms. The molecule has 180 valence electrons. The molecule has 2 N–H and O–H groups in total. The third kappa shape index (κ3) is 4.64. The van der Waals surface area contributed by atoms with Crippen molar-refractivity contribution in [1.29, 1.82) is 0 Å². The largest absolute Gasteiger partial charge is 0.491 e. The summed E-state index contributed by atoms with van der Waals surface area (Å²) in [6, 6.07) is 10.0. The molecule has 0 aliphatic heterocycles. The molecule has 0 unspecified atom stereocenters. The zero-order valence-corrected chi connectivity index (χ0v) is 19.5. The van der Waals surface area contributed by atoms with Crippen LogP contribution in [0.5, 0.6) is 5.75 Å². The second-order valence-electron chi connectivity index (χ2n) is 7.26. The van der Waals surface area contributed by atoms with E-state index in [2.05, 4.69) is 15.0 Å². The smallest absolute Gasteiger partial charge is 0.263 e. The number of halogens is 5. The van der Waals surface area contributed by atoms with Crippen LogP contribution >= 0.6 is 23.8 Å². The van der Waals surface area contributed by atoms with Crippen LogP contribution in [0.4, 0.5) is 23.2 Å². The Balaban J connectivity index is 1.57. The van der Waals surface area contributed by atoms with Gasteiger partial charge in [0.25, 0.3) is 5.91 Å². The maximum Gasteiger partial charge on any atom is 0.263 e. The van der Waals surface area contributed by atoms with Crippen molar-refractivity contribution < 1.29 is 31.5 Å². The Morgan fingerprint density at radius 1 is 1.06 bits per heavy atom. The maximum absolute atomic E-state index is 14.2. The van der Waals surface area contributed by atoms with Gasteiger partial charge in [-0.1, -0.05) is 17.7 Å². The van der Waals surface area contributed by atoms with Gasteiger partial charge in [-0.25, -0.2) is 13.8 Å². The van der Waals surface area contributed by atoms with Gasteiger partial charge in [-0.2, -0.15) is 8.78 Å². The molecular weight excluding hydrogens is 510 g/mol. The van der Waals surface area contributed by atoms with E-state index in [0.29, 0.717) is 27.4 Å². The summed E-state index contributed by atoms with van der Waals surface area (Å²) >= 11 is 11.3. The van der Waals surface area contributed by atoms with Gasteiger partial charge in [-0.15, -0.1) is 0 Å². The molecule has 4 aromatic rings.